The van der Waals surface area contributed by atoms with Crippen molar-refractivity contribution in [1.29, 1.82) is 0 Å². The smallest absolute Gasteiger partial charge is 0.392 e. The molecule has 0 aromatic heterocycles. The fourth-order valence-corrected chi connectivity index (χ4v) is 1.35. The number of aliphatic hydroxyl groups is 2. The van der Waals surface area contributed by atoms with E-state index in [0.29, 0.717) is 0 Å². The van der Waals surface area contributed by atoms with Crippen molar-refractivity contribution >= 4 is 11.9 Å². The van der Waals surface area contributed by atoms with Crippen LogP contribution in [0.25, 0.3) is 0 Å². The number of aliphatic carboxylic acids is 2. The third-order valence-corrected chi connectivity index (χ3v) is 2.27. The van der Waals surface area contributed by atoms with E-state index < -0.39 is 48.3 Å². The summed E-state index contributed by atoms with van der Waals surface area (Å²) < 4.78 is 72.5. The maximum absolute atomic E-state index is 12.1. The van der Waals surface area contributed by atoms with E-state index in [0.717, 1.165) is 0 Å². The van der Waals surface area contributed by atoms with Gasteiger partial charge in [-0.2, -0.15) is 26.3 Å². The number of carboxylic acid groups (broad SMARTS) is 2. The maximum Gasteiger partial charge on any atom is 0.392 e. The van der Waals surface area contributed by atoms with Crippen molar-refractivity contribution in [1.82, 2.24) is 0 Å². The van der Waals surface area contributed by atoms with Gasteiger partial charge >= 0.3 is 12.4 Å². The molecule has 0 bridgehead atoms. The monoisotopic (exact) mass is 312 g/mol. The first-order valence-electron chi connectivity index (χ1n) is 4.56. The molecule has 2 atom stereocenters. The third kappa shape index (κ3) is 3.96. The summed E-state index contributed by atoms with van der Waals surface area (Å²) in [4.78, 5) is 20.9. The molecule has 0 radical (unpaired) electrons. The van der Waals surface area contributed by atoms with Crippen LogP contribution >= 0.6 is 0 Å². The van der Waals surface area contributed by atoms with Gasteiger partial charge in [-0.1, -0.05) is 0 Å². The van der Waals surface area contributed by atoms with Gasteiger partial charge in [0.2, 0.25) is 0 Å². The number of carbonyl (C=O) groups is 2. The van der Waals surface area contributed by atoms with Crippen LogP contribution in [0, 0.1) is 0 Å². The first kappa shape index (κ1) is 18.4. The summed E-state index contributed by atoms with van der Waals surface area (Å²) in [6, 6.07) is 0. The molecular weight excluding hydrogens is 306 g/mol. The molecule has 0 aromatic carbocycles. The molecule has 0 aliphatic rings. The number of carbonyl (C=O) groups excluding carboxylic acids is 2. The van der Waals surface area contributed by atoms with Crippen LogP contribution < -0.4 is 10.2 Å². The van der Waals surface area contributed by atoms with Crippen molar-refractivity contribution < 1.29 is 56.4 Å². The summed E-state index contributed by atoms with van der Waals surface area (Å²) in [5.74, 6) is -6.49. The first-order chi connectivity index (χ1) is 8.55. The van der Waals surface area contributed by atoms with Crippen LogP contribution in [0.3, 0.4) is 0 Å². The van der Waals surface area contributed by atoms with E-state index in [-0.39, 0.29) is 0 Å². The molecule has 118 valence electrons. The highest BCUT2D eigenvalue weighted by Gasteiger charge is 2.60. The topological polar surface area (TPSA) is 121 Å². The molecule has 2 N–H and O–H groups in total. The fraction of sp³-hybridized carbons (Fsp3) is 0.750. The molecule has 0 unspecified atom stereocenters. The standard InChI is InChI=1S/C8H8F6O6/c9-7(10,11)1-5(19,3(15)16)6(20,4(17)18)2-8(12,13)14/h19-20H,1-2H2,(H,15,16)(H,17,18)/p-2/t5-,6-/m1/s1. The second kappa shape index (κ2) is 5.09. The van der Waals surface area contributed by atoms with Gasteiger partial charge in [0.25, 0.3) is 0 Å². The molecule has 20 heavy (non-hydrogen) atoms. The number of rotatable bonds is 5. The van der Waals surface area contributed by atoms with Gasteiger partial charge in [-0.15, -0.1) is 0 Å². The van der Waals surface area contributed by atoms with Gasteiger partial charge in [-0.3, -0.25) is 0 Å². The SMILES string of the molecule is O=C([O-])[C@](O)(CC(F)(F)F)[C@@](O)(CC(F)(F)F)C(=O)[O-]. The Bertz CT molecular complexity index is 365. The molecule has 0 spiro atoms. The number of hydrogen-bond acceptors (Lipinski definition) is 6. The zero-order chi connectivity index (χ0) is 16.6. The van der Waals surface area contributed by atoms with E-state index in [1.54, 1.807) is 0 Å². The van der Waals surface area contributed by atoms with Gasteiger partial charge in [0, 0.05) is 0 Å². The fourth-order valence-electron chi connectivity index (χ4n) is 1.35. The van der Waals surface area contributed by atoms with Gasteiger partial charge in [-0.25, -0.2) is 0 Å². The van der Waals surface area contributed by atoms with Gasteiger partial charge in [-0.05, 0) is 0 Å². The maximum atomic E-state index is 12.1. The van der Waals surface area contributed by atoms with Gasteiger partial charge < -0.3 is 30.0 Å². The quantitative estimate of drug-likeness (QED) is 0.559. The van der Waals surface area contributed by atoms with Crippen molar-refractivity contribution in [3.05, 3.63) is 0 Å². The molecule has 0 rings (SSSR count). The molecule has 0 saturated heterocycles. The lowest BCUT2D eigenvalue weighted by molar-refractivity contribution is -0.371. The van der Waals surface area contributed by atoms with Crippen LogP contribution in [0.4, 0.5) is 26.3 Å². The molecule has 0 aliphatic heterocycles. The molecule has 0 aromatic rings. The minimum atomic E-state index is -5.61. The Morgan fingerprint density at radius 2 is 0.950 bits per heavy atom. The van der Waals surface area contributed by atoms with Gasteiger partial charge in [0.15, 0.2) is 0 Å². The Labute approximate surface area is 106 Å². The summed E-state index contributed by atoms with van der Waals surface area (Å²) in [5.41, 5.74) is -9.56. The predicted octanol–water partition coefficient (Wildman–Crippen LogP) is -2.15. The molecule has 0 aliphatic carbocycles. The predicted molar refractivity (Wildman–Crippen MR) is 41.3 cm³/mol. The van der Waals surface area contributed by atoms with Crippen molar-refractivity contribution in [3.8, 4) is 0 Å². The lowest BCUT2D eigenvalue weighted by Gasteiger charge is -2.45. The van der Waals surface area contributed by atoms with Gasteiger partial charge in [0.1, 0.15) is 11.2 Å². The lowest BCUT2D eigenvalue weighted by Crippen LogP contribution is -2.72. The Balaban J connectivity index is 5.94. The highest BCUT2D eigenvalue weighted by molar-refractivity contribution is 5.89. The average Bonchev–Trinajstić information content (AvgIpc) is 2.10. The van der Waals surface area contributed by atoms with Crippen LogP contribution in [0.15, 0.2) is 0 Å². The van der Waals surface area contributed by atoms with Crippen LogP contribution in [0.5, 0.6) is 0 Å². The van der Waals surface area contributed by atoms with E-state index in [1.807, 2.05) is 0 Å². The normalized spacial score (nSPS) is 19.0. The second-order valence-electron chi connectivity index (χ2n) is 3.88. The minimum absolute atomic E-state index is 2.98. The molecule has 0 fully saturated rings. The van der Waals surface area contributed by atoms with E-state index in [1.165, 1.54) is 0 Å². The van der Waals surface area contributed by atoms with Crippen molar-refractivity contribution in [2.75, 3.05) is 0 Å². The largest absolute Gasteiger partial charge is 0.547 e. The van der Waals surface area contributed by atoms with Crippen molar-refractivity contribution in [3.63, 3.8) is 0 Å². The van der Waals surface area contributed by atoms with Crippen LogP contribution in [0.1, 0.15) is 12.8 Å². The average molecular weight is 312 g/mol. The summed E-state index contributed by atoms with van der Waals surface area (Å²) in [7, 11) is 0. The Hall–Kier alpha value is -1.56. The van der Waals surface area contributed by atoms with Crippen molar-refractivity contribution in [2.45, 2.75) is 36.4 Å². The third-order valence-electron chi connectivity index (χ3n) is 2.27. The molecule has 0 amide bonds. The first-order valence-corrected chi connectivity index (χ1v) is 4.56. The summed E-state index contributed by atoms with van der Waals surface area (Å²) in [5, 5.41) is 39.2. The number of carboxylic acids is 2. The molecular formula is C8H6F6O6-2. The second-order valence-corrected chi connectivity index (χ2v) is 3.88. The van der Waals surface area contributed by atoms with E-state index in [4.69, 9.17) is 10.2 Å². The minimum Gasteiger partial charge on any atom is -0.547 e. The molecule has 6 nitrogen and oxygen atoms in total. The lowest BCUT2D eigenvalue weighted by atomic mass is 9.77. The highest BCUT2D eigenvalue weighted by Crippen LogP contribution is 2.40. The molecule has 12 heteroatoms. The number of alkyl halides is 6. The summed E-state index contributed by atoms with van der Waals surface area (Å²) >= 11 is 0. The highest BCUT2D eigenvalue weighted by atomic mass is 19.4. The van der Waals surface area contributed by atoms with E-state index in [2.05, 4.69) is 0 Å². The zero-order valence-electron chi connectivity index (χ0n) is 9.21. The summed E-state index contributed by atoms with van der Waals surface area (Å²) in [6.45, 7) is 0. The van der Waals surface area contributed by atoms with Crippen LogP contribution in [-0.4, -0.2) is 45.7 Å². The molecule has 0 heterocycles. The zero-order valence-corrected chi connectivity index (χ0v) is 9.21. The van der Waals surface area contributed by atoms with Crippen LogP contribution in [-0.2, 0) is 9.59 Å². The van der Waals surface area contributed by atoms with Crippen LogP contribution in [0.2, 0.25) is 0 Å². The number of hydrogen-bond donors (Lipinski definition) is 2. The molecule has 0 saturated carbocycles. The van der Waals surface area contributed by atoms with Gasteiger partial charge in [0.05, 0.1) is 24.8 Å². The Morgan fingerprint density at radius 3 is 1.05 bits per heavy atom. The summed E-state index contributed by atoms with van der Waals surface area (Å²) in [6.07, 6.45) is -17.2. The van der Waals surface area contributed by atoms with E-state index >= 15 is 0 Å². The van der Waals surface area contributed by atoms with Crippen molar-refractivity contribution in [2.24, 2.45) is 0 Å². The Morgan fingerprint density at radius 1 is 0.750 bits per heavy atom. The number of halogens is 6. The van der Waals surface area contributed by atoms with E-state index in [9.17, 15) is 46.1 Å². The Kier molecular flexibility index (Phi) is 4.69.